The molecule has 19 heavy (non-hydrogen) atoms. The average molecular weight is 284 g/mol. The number of anilines is 1. The van der Waals surface area contributed by atoms with E-state index in [-0.39, 0.29) is 11.8 Å². The first-order valence-electron chi connectivity index (χ1n) is 6.44. The number of nitrogen functional groups attached to an aromatic ring is 1. The Hall–Kier alpha value is -1.11. The fraction of sp³-hybridized carbons (Fsp3) is 0.538. The molecule has 2 rings (SSSR count). The van der Waals surface area contributed by atoms with Crippen LogP contribution in [-0.2, 0) is 20.5 Å². The van der Waals surface area contributed by atoms with Crippen LogP contribution >= 0.6 is 0 Å². The molecule has 0 radical (unpaired) electrons. The van der Waals surface area contributed by atoms with E-state index in [0.717, 1.165) is 12.0 Å². The van der Waals surface area contributed by atoms with E-state index < -0.39 is 10.0 Å². The molecule has 1 aliphatic heterocycles. The molecular formula is C13H20N2O3S. The predicted molar refractivity (Wildman–Crippen MR) is 75.1 cm³/mol. The van der Waals surface area contributed by atoms with Crippen LogP contribution in [-0.4, -0.2) is 38.5 Å². The normalized spacial score (nSPS) is 21.4. The number of benzene rings is 1. The van der Waals surface area contributed by atoms with Crippen molar-refractivity contribution in [1.82, 2.24) is 4.31 Å². The first-order chi connectivity index (χ1) is 9.03. The van der Waals surface area contributed by atoms with Gasteiger partial charge in [0.25, 0.3) is 0 Å². The van der Waals surface area contributed by atoms with E-state index in [2.05, 4.69) is 0 Å². The SMILES string of the molecule is CCC1COCCN1S(=O)(=O)Cc1ccc(N)cc1. The predicted octanol–water partition coefficient (Wildman–Crippen LogP) is 1.21. The van der Waals surface area contributed by atoms with Crippen molar-refractivity contribution in [2.45, 2.75) is 25.1 Å². The highest BCUT2D eigenvalue weighted by Gasteiger charge is 2.31. The molecule has 1 atom stereocenters. The Morgan fingerprint density at radius 3 is 2.68 bits per heavy atom. The minimum Gasteiger partial charge on any atom is -0.399 e. The average Bonchev–Trinajstić information content (AvgIpc) is 2.41. The zero-order valence-corrected chi connectivity index (χ0v) is 11.9. The molecule has 1 aliphatic rings. The second-order valence-corrected chi connectivity index (χ2v) is 6.67. The van der Waals surface area contributed by atoms with Crippen LogP contribution in [0.4, 0.5) is 5.69 Å². The van der Waals surface area contributed by atoms with Gasteiger partial charge < -0.3 is 10.5 Å². The van der Waals surface area contributed by atoms with E-state index in [1.165, 1.54) is 0 Å². The largest absolute Gasteiger partial charge is 0.399 e. The highest BCUT2D eigenvalue weighted by Crippen LogP contribution is 2.19. The molecule has 0 spiro atoms. The lowest BCUT2D eigenvalue weighted by molar-refractivity contribution is 0.0313. The molecule has 1 unspecified atom stereocenters. The zero-order chi connectivity index (χ0) is 13.9. The summed E-state index contributed by atoms with van der Waals surface area (Å²) in [6.45, 7) is 3.37. The molecule has 1 fully saturated rings. The molecule has 1 heterocycles. The third-order valence-electron chi connectivity index (χ3n) is 3.33. The Morgan fingerprint density at radius 2 is 2.05 bits per heavy atom. The lowest BCUT2D eigenvalue weighted by Gasteiger charge is -2.34. The van der Waals surface area contributed by atoms with Gasteiger partial charge >= 0.3 is 0 Å². The highest BCUT2D eigenvalue weighted by atomic mass is 32.2. The molecule has 5 nitrogen and oxygen atoms in total. The van der Waals surface area contributed by atoms with Crippen molar-refractivity contribution in [3.8, 4) is 0 Å². The highest BCUT2D eigenvalue weighted by molar-refractivity contribution is 7.88. The summed E-state index contributed by atoms with van der Waals surface area (Å²) in [5.41, 5.74) is 7.00. The molecule has 0 aliphatic carbocycles. The summed E-state index contributed by atoms with van der Waals surface area (Å²) in [6, 6.07) is 6.92. The maximum absolute atomic E-state index is 12.4. The summed E-state index contributed by atoms with van der Waals surface area (Å²) >= 11 is 0. The third kappa shape index (κ3) is 3.46. The molecular weight excluding hydrogens is 264 g/mol. The minimum atomic E-state index is -3.30. The first kappa shape index (κ1) is 14.3. The van der Waals surface area contributed by atoms with Crippen LogP contribution in [0.5, 0.6) is 0 Å². The van der Waals surface area contributed by atoms with Gasteiger partial charge in [-0.15, -0.1) is 0 Å². The Kier molecular flexibility index (Phi) is 4.44. The van der Waals surface area contributed by atoms with Gasteiger partial charge in [0.1, 0.15) is 0 Å². The van der Waals surface area contributed by atoms with Gasteiger partial charge in [-0.25, -0.2) is 8.42 Å². The van der Waals surface area contributed by atoms with Crippen molar-refractivity contribution in [2.75, 3.05) is 25.5 Å². The summed E-state index contributed by atoms with van der Waals surface area (Å²) in [4.78, 5) is 0. The second-order valence-electron chi connectivity index (χ2n) is 4.75. The number of nitrogens with zero attached hydrogens (tertiary/aromatic N) is 1. The van der Waals surface area contributed by atoms with Gasteiger partial charge in [-0.1, -0.05) is 19.1 Å². The number of ether oxygens (including phenoxy) is 1. The monoisotopic (exact) mass is 284 g/mol. The van der Waals surface area contributed by atoms with Crippen molar-refractivity contribution in [2.24, 2.45) is 0 Å². The first-order valence-corrected chi connectivity index (χ1v) is 8.05. The number of nitrogens with two attached hydrogens (primary N) is 1. The molecule has 0 bridgehead atoms. The molecule has 0 saturated carbocycles. The van der Waals surface area contributed by atoms with Crippen LogP contribution in [0.15, 0.2) is 24.3 Å². The summed E-state index contributed by atoms with van der Waals surface area (Å²) in [7, 11) is -3.30. The lowest BCUT2D eigenvalue weighted by Crippen LogP contribution is -2.48. The molecule has 2 N–H and O–H groups in total. The summed E-state index contributed by atoms with van der Waals surface area (Å²) < 4.78 is 31.8. The summed E-state index contributed by atoms with van der Waals surface area (Å²) in [6.07, 6.45) is 0.765. The topological polar surface area (TPSA) is 72.6 Å². The van der Waals surface area contributed by atoms with E-state index in [1.807, 2.05) is 6.92 Å². The van der Waals surface area contributed by atoms with E-state index >= 15 is 0 Å². The maximum Gasteiger partial charge on any atom is 0.218 e. The van der Waals surface area contributed by atoms with Crippen LogP contribution in [0, 0.1) is 0 Å². The third-order valence-corrected chi connectivity index (χ3v) is 5.22. The van der Waals surface area contributed by atoms with Crippen LogP contribution in [0.2, 0.25) is 0 Å². The van der Waals surface area contributed by atoms with Crippen molar-refractivity contribution >= 4 is 15.7 Å². The Balaban J connectivity index is 2.14. The second kappa shape index (κ2) is 5.90. The molecule has 0 aromatic heterocycles. The minimum absolute atomic E-state index is 0.0176. The van der Waals surface area contributed by atoms with Gasteiger partial charge in [0, 0.05) is 18.3 Å². The fourth-order valence-electron chi connectivity index (χ4n) is 2.23. The zero-order valence-electron chi connectivity index (χ0n) is 11.1. The maximum atomic E-state index is 12.4. The van der Waals surface area contributed by atoms with Crippen LogP contribution in [0.1, 0.15) is 18.9 Å². The summed E-state index contributed by atoms with van der Waals surface area (Å²) in [5.74, 6) is 0.0176. The van der Waals surface area contributed by atoms with Gasteiger partial charge in [0.2, 0.25) is 10.0 Å². The van der Waals surface area contributed by atoms with Gasteiger partial charge in [-0.2, -0.15) is 4.31 Å². The van der Waals surface area contributed by atoms with Crippen molar-refractivity contribution in [3.63, 3.8) is 0 Å². The van der Waals surface area contributed by atoms with Crippen molar-refractivity contribution < 1.29 is 13.2 Å². The molecule has 6 heteroatoms. The molecule has 0 amide bonds. The van der Waals surface area contributed by atoms with E-state index in [4.69, 9.17) is 10.5 Å². The number of hydrogen-bond donors (Lipinski definition) is 1. The van der Waals surface area contributed by atoms with E-state index in [9.17, 15) is 8.42 Å². The molecule has 106 valence electrons. The van der Waals surface area contributed by atoms with Gasteiger partial charge in [-0.3, -0.25) is 0 Å². The Morgan fingerprint density at radius 1 is 1.37 bits per heavy atom. The number of morpholine rings is 1. The summed E-state index contributed by atoms with van der Waals surface area (Å²) in [5, 5.41) is 0. The Bertz CT molecular complexity index is 513. The van der Waals surface area contributed by atoms with Gasteiger partial charge in [0.15, 0.2) is 0 Å². The Labute approximate surface area is 114 Å². The lowest BCUT2D eigenvalue weighted by atomic mass is 10.2. The number of hydrogen-bond acceptors (Lipinski definition) is 4. The van der Waals surface area contributed by atoms with Crippen LogP contribution in [0.25, 0.3) is 0 Å². The van der Waals surface area contributed by atoms with Gasteiger partial charge in [-0.05, 0) is 24.1 Å². The smallest absolute Gasteiger partial charge is 0.218 e. The standard InChI is InChI=1S/C13H20N2O3S/c1-2-13-9-18-8-7-15(13)19(16,17)10-11-3-5-12(14)6-4-11/h3-6,13H,2,7-10,14H2,1H3. The van der Waals surface area contributed by atoms with Crippen molar-refractivity contribution in [3.05, 3.63) is 29.8 Å². The molecule has 1 aromatic rings. The fourth-order valence-corrected chi connectivity index (χ4v) is 4.03. The van der Waals surface area contributed by atoms with Crippen LogP contribution < -0.4 is 5.73 Å². The van der Waals surface area contributed by atoms with Gasteiger partial charge in [0.05, 0.1) is 19.0 Å². The molecule has 1 saturated heterocycles. The van der Waals surface area contributed by atoms with E-state index in [1.54, 1.807) is 28.6 Å². The quantitative estimate of drug-likeness (QED) is 0.844. The van der Waals surface area contributed by atoms with E-state index in [0.29, 0.717) is 25.4 Å². The number of rotatable bonds is 4. The van der Waals surface area contributed by atoms with Crippen molar-refractivity contribution in [1.29, 1.82) is 0 Å². The van der Waals surface area contributed by atoms with Crippen LogP contribution in [0.3, 0.4) is 0 Å². The number of sulfonamides is 1. The molecule has 1 aromatic carbocycles.